The van der Waals surface area contributed by atoms with Crippen molar-refractivity contribution in [2.24, 2.45) is 16.8 Å². The number of isothiocyanates is 1. The van der Waals surface area contributed by atoms with Crippen molar-refractivity contribution >= 4 is 23.1 Å². The van der Waals surface area contributed by atoms with Crippen molar-refractivity contribution in [1.29, 1.82) is 0 Å². The lowest BCUT2D eigenvalue weighted by atomic mass is 9.70. The lowest BCUT2D eigenvalue weighted by Crippen LogP contribution is -2.22. The van der Waals surface area contributed by atoms with E-state index in [1.165, 1.54) is 63.4 Å². The molecule has 2 heteroatoms. The Kier molecular flexibility index (Phi) is 5.22. The second kappa shape index (κ2) is 7.33. The lowest BCUT2D eigenvalue weighted by molar-refractivity contribution is 0.186. The summed E-state index contributed by atoms with van der Waals surface area (Å²) in [6, 6.07) is 8.61. The van der Waals surface area contributed by atoms with Gasteiger partial charge in [-0.1, -0.05) is 44.2 Å². The molecular formula is C19H25NS. The van der Waals surface area contributed by atoms with Gasteiger partial charge < -0.3 is 0 Å². The Morgan fingerprint density at radius 1 is 0.810 bits per heavy atom. The highest BCUT2D eigenvalue weighted by molar-refractivity contribution is 7.78. The zero-order valence-electron chi connectivity index (χ0n) is 12.8. The summed E-state index contributed by atoms with van der Waals surface area (Å²) in [5, 5.41) is 2.43. The van der Waals surface area contributed by atoms with E-state index >= 15 is 0 Å². The zero-order chi connectivity index (χ0) is 14.5. The summed E-state index contributed by atoms with van der Waals surface area (Å²) in [7, 11) is 0. The van der Waals surface area contributed by atoms with Gasteiger partial charge in [0.05, 0.1) is 10.8 Å². The Morgan fingerprint density at radius 3 is 2.05 bits per heavy atom. The number of hydrogen-bond donors (Lipinski definition) is 0. The molecule has 2 saturated carbocycles. The van der Waals surface area contributed by atoms with Crippen LogP contribution in [-0.2, 0) is 0 Å². The first kappa shape index (κ1) is 14.9. The number of rotatable bonds is 3. The van der Waals surface area contributed by atoms with E-state index in [4.69, 9.17) is 0 Å². The standard InChI is InChI=1S/C19H25NS/c21-14-20-19-12-10-18(11-13-19)17-8-6-16(7-9-17)15-4-2-1-3-5-15/h10-13,15-17H,1-9H2. The van der Waals surface area contributed by atoms with Gasteiger partial charge in [-0.3, -0.25) is 0 Å². The summed E-state index contributed by atoms with van der Waals surface area (Å²) in [5.41, 5.74) is 2.41. The summed E-state index contributed by atoms with van der Waals surface area (Å²) in [6.45, 7) is 0. The van der Waals surface area contributed by atoms with Crippen LogP contribution in [0.2, 0.25) is 0 Å². The fraction of sp³-hybridized carbons (Fsp3) is 0.632. The smallest absolute Gasteiger partial charge is 0.0739 e. The first-order valence-electron chi connectivity index (χ1n) is 8.54. The number of hydrogen-bond acceptors (Lipinski definition) is 2. The molecule has 2 aliphatic rings. The van der Waals surface area contributed by atoms with Crippen LogP contribution in [0.4, 0.5) is 5.69 Å². The third-order valence-electron chi connectivity index (χ3n) is 5.63. The van der Waals surface area contributed by atoms with Crippen LogP contribution < -0.4 is 0 Å². The van der Waals surface area contributed by atoms with Crippen molar-refractivity contribution < 1.29 is 0 Å². The molecule has 0 N–H and O–H groups in total. The average Bonchev–Trinajstić information content (AvgIpc) is 2.57. The van der Waals surface area contributed by atoms with E-state index in [1.807, 2.05) is 0 Å². The molecule has 2 fully saturated rings. The Labute approximate surface area is 133 Å². The van der Waals surface area contributed by atoms with Gasteiger partial charge in [-0.25, -0.2) is 0 Å². The molecule has 3 rings (SSSR count). The maximum absolute atomic E-state index is 4.65. The molecule has 0 heterocycles. The minimum Gasteiger partial charge on any atom is -0.195 e. The number of benzene rings is 1. The van der Waals surface area contributed by atoms with Crippen LogP contribution in [0.1, 0.15) is 69.3 Å². The third kappa shape index (κ3) is 3.81. The monoisotopic (exact) mass is 299 g/mol. The van der Waals surface area contributed by atoms with Crippen LogP contribution in [0, 0.1) is 11.8 Å². The predicted molar refractivity (Wildman–Crippen MR) is 92.4 cm³/mol. The molecule has 0 saturated heterocycles. The van der Waals surface area contributed by atoms with Crippen LogP contribution in [0.3, 0.4) is 0 Å². The molecule has 1 nitrogen and oxygen atoms in total. The van der Waals surface area contributed by atoms with Crippen LogP contribution in [-0.4, -0.2) is 5.16 Å². The van der Waals surface area contributed by atoms with E-state index in [2.05, 4.69) is 46.6 Å². The van der Waals surface area contributed by atoms with Crippen LogP contribution in [0.15, 0.2) is 29.3 Å². The molecule has 112 valence electrons. The highest BCUT2D eigenvalue weighted by Crippen LogP contribution is 2.43. The average molecular weight is 299 g/mol. The first-order chi connectivity index (χ1) is 10.4. The quantitative estimate of drug-likeness (QED) is 0.473. The van der Waals surface area contributed by atoms with Gasteiger partial charge in [0.1, 0.15) is 0 Å². The maximum atomic E-state index is 4.65. The zero-order valence-corrected chi connectivity index (χ0v) is 13.6. The Hall–Kier alpha value is -0.980. The van der Waals surface area contributed by atoms with Gasteiger partial charge in [-0.15, -0.1) is 0 Å². The molecule has 2 aliphatic carbocycles. The fourth-order valence-electron chi connectivity index (χ4n) is 4.40. The molecule has 0 unspecified atom stereocenters. The molecule has 0 spiro atoms. The molecule has 1 aromatic carbocycles. The molecule has 0 aromatic heterocycles. The van der Waals surface area contributed by atoms with Gasteiger partial charge in [-0.05, 0) is 73.4 Å². The van der Waals surface area contributed by atoms with Gasteiger partial charge in [0.25, 0.3) is 0 Å². The molecule has 0 bridgehead atoms. The topological polar surface area (TPSA) is 12.4 Å². The maximum Gasteiger partial charge on any atom is 0.0739 e. The van der Waals surface area contributed by atoms with Crippen molar-refractivity contribution in [1.82, 2.24) is 0 Å². The Bertz CT molecular complexity index is 487. The van der Waals surface area contributed by atoms with E-state index in [-0.39, 0.29) is 0 Å². The summed E-state index contributed by atoms with van der Waals surface area (Å²) in [5.74, 6) is 2.81. The van der Waals surface area contributed by atoms with Gasteiger partial charge >= 0.3 is 0 Å². The second-order valence-corrected chi connectivity index (χ2v) is 6.99. The van der Waals surface area contributed by atoms with Gasteiger partial charge in [0.2, 0.25) is 0 Å². The van der Waals surface area contributed by atoms with Crippen molar-refractivity contribution in [2.45, 2.75) is 63.7 Å². The van der Waals surface area contributed by atoms with Gasteiger partial charge in [0, 0.05) is 0 Å². The van der Waals surface area contributed by atoms with Crippen LogP contribution in [0.25, 0.3) is 0 Å². The lowest BCUT2D eigenvalue weighted by Gasteiger charge is -2.36. The predicted octanol–water partition coefficient (Wildman–Crippen LogP) is 6.28. The van der Waals surface area contributed by atoms with Crippen molar-refractivity contribution in [3.8, 4) is 0 Å². The number of nitrogens with zero attached hydrogens (tertiary/aromatic N) is 1. The molecule has 1 aromatic rings. The minimum absolute atomic E-state index is 0.760. The highest BCUT2D eigenvalue weighted by atomic mass is 32.1. The largest absolute Gasteiger partial charge is 0.195 e. The van der Waals surface area contributed by atoms with Gasteiger partial charge in [0.15, 0.2) is 0 Å². The fourth-order valence-corrected chi connectivity index (χ4v) is 4.51. The van der Waals surface area contributed by atoms with E-state index in [0.29, 0.717) is 0 Å². The first-order valence-corrected chi connectivity index (χ1v) is 8.95. The molecule has 0 aliphatic heterocycles. The second-order valence-electron chi connectivity index (χ2n) is 6.80. The number of aliphatic imine (C=N–C) groups is 1. The van der Waals surface area contributed by atoms with E-state index in [1.54, 1.807) is 0 Å². The summed E-state index contributed by atoms with van der Waals surface area (Å²) in [6.07, 6.45) is 13.1. The summed E-state index contributed by atoms with van der Waals surface area (Å²) in [4.78, 5) is 4.03. The molecular weight excluding hydrogens is 274 g/mol. The van der Waals surface area contributed by atoms with E-state index in [9.17, 15) is 0 Å². The Morgan fingerprint density at radius 2 is 1.43 bits per heavy atom. The Balaban J connectivity index is 1.56. The van der Waals surface area contributed by atoms with E-state index < -0.39 is 0 Å². The highest BCUT2D eigenvalue weighted by Gasteiger charge is 2.28. The molecule has 21 heavy (non-hydrogen) atoms. The van der Waals surface area contributed by atoms with Crippen LogP contribution >= 0.6 is 12.2 Å². The van der Waals surface area contributed by atoms with Crippen molar-refractivity contribution in [3.05, 3.63) is 29.8 Å². The molecule has 0 radical (unpaired) electrons. The molecule has 0 amide bonds. The van der Waals surface area contributed by atoms with Crippen LogP contribution in [0.5, 0.6) is 0 Å². The van der Waals surface area contributed by atoms with Gasteiger partial charge in [-0.2, -0.15) is 4.99 Å². The van der Waals surface area contributed by atoms with Crippen molar-refractivity contribution in [3.63, 3.8) is 0 Å². The van der Waals surface area contributed by atoms with Crippen molar-refractivity contribution in [2.75, 3.05) is 0 Å². The minimum atomic E-state index is 0.760. The normalized spacial score (nSPS) is 27.0. The summed E-state index contributed by atoms with van der Waals surface area (Å²) < 4.78 is 0. The van der Waals surface area contributed by atoms with E-state index in [0.717, 1.165) is 23.4 Å². The number of thiocarbonyl (C=S) groups is 1. The molecule has 0 atom stereocenters. The third-order valence-corrected chi connectivity index (χ3v) is 5.72. The summed E-state index contributed by atoms with van der Waals surface area (Å²) >= 11 is 4.65. The SMILES string of the molecule is S=C=Nc1ccc(C2CCC(C3CCCCC3)CC2)cc1.